The summed E-state index contributed by atoms with van der Waals surface area (Å²) in [5.74, 6) is 3.61. The molecule has 3 aliphatic rings. The minimum atomic E-state index is -0.184. The molecule has 2 fully saturated rings. The fourth-order valence-electron chi connectivity index (χ4n) is 7.06. The molecule has 7 rings (SSSR count). The Morgan fingerprint density at radius 2 is 1.87 bits per heavy atom. The lowest BCUT2D eigenvalue weighted by molar-refractivity contribution is -0.119. The van der Waals surface area contributed by atoms with Crippen LogP contribution in [-0.2, 0) is 24.3 Å². The highest BCUT2D eigenvalue weighted by molar-refractivity contribution is 5.94. The van der Waals surface area contributed by atoms with E-state index in [1.165, 1.54) is 0 Å². The molecule has 46 heavy (non-hydrogen) atoms. The summed E-state index contributed by atoms with van der Waals surface area (Å²) in [6.07, 6.45) is 6.76. The molecule has 2 aliphatic carbocycles. The van der Waals surface area contributed by atoms with Crippen LogP contribution in [0.15, 0.2) is 55.0 Å². The maximum absolute atomic E-state index is 13.3. The molecule has 12 nitrogen and oxygen atoms in total. The van der Waals surface area contributed by atoms with Gasteiger partial charge in [-0.15, -0.1) is 0 Å². The quantitative estimate of drug-likeness (QED) is 0.229. The number of ether oxygens (including phenoxy) is 2. The Morgan fingerprint density at radius 3 is 2.61 bits per heavy atom. The van der Waals surface area contributed by atoms with Gasteiger partial charge in [-0.2, -0.15) is 5.10 Å². The summed E-state index contributed by atoms with van der Waals surface area (Å²) < 4.78 is 12.6. The van der Waals surface area contributed by atoms with Crippen LogP contribution in [0.5, 0.6) is 11.5 Å². The maximum Gasteiger partial charge on any atom is 0.254 e. The van der Waals surface area contributed by atoms with Crippen molar-refractivity contribution in [3.05, 3.63) is 88.5 Å². The normalized spacial score (nSPS) is 21.0. The number of methoxy groups -OCH3 is 2. The van der Waals surface area contributed by atoms with Crippen molar-refractivity contribution in [2.24, 2.45) is 23.5 Å². The van der Waals surface area contributed by atoms with Gasteiger partial charge in [-0.25, -0.2) is 9.97 Å². The number of pyridine rings is 2. The van der Waals surface area contributed by atoms with Crippen molar-refractivity contribution in [1.29, 1.82) is 0 Å². The van der Waals surface area contributed by atoms with E-state index in [4.69, 9.17) is 20.2 Å². The number of aryl methyl sites for hydroxylation is 1. The molecule has 238 valence electrons. The van der Waals surface area contributed by atoms with Gasteiger partial charge in [0.2, 0.25) is 5.91 Å². The van der Waals surface area contributed by atoms with E-state index in [0.29, 0.717) is 30.5 Å². The number of primary amides is 1. The summed E-state index contributed by atoms with van der Waals surface area (Å²) in [4.78, 5) is 36.5. The van der Waals surface area contributed by atoms with E-state index in [0.717, 1.165) is 77.0 Å². The first-order chi connectivity index (χ1) is 22.3. The first kappa shape index (κ1) is 29.6. The average molecular weight is 623 g/mol. The van der Waals surface area contributed by atoms with Crippen LogP contribution in [-0.4, -0.2) is 58.9 Å². The summed E-state index contributed by atoms with van der Waals surface area (Å²) in [5.41, 5.74) is 11.1. The molecule has 4 heterocycles. The Kier molecular flexibility index (Phi) is 7.71. The molecule has 0 radical (unpaired) electrons. The van der Waals surface area contributed by atoms with Crippen LogP contribution in [0.2, 0.25) is 0 Å². The molecule has 3 aromatic heterocycles. The number of hydrogen-bond acceptors (Lipinski definition) is 9. The van der Waals surface area contributed by atoms with Crippen LogP contribution in [0.4, 0.5) is 11.6 Å². The summed E-state index contributed by atoms with van der Waals surface area (Å²) in [7, 11) is 3.27. The molecular weight excluding hydrogens is 584 g/mol. The molecule has 1 aliphatic heterocycles. The zero-order valence-electron chi connectivity index (χ0n) is 26.2. The second-order valence-corrected chi connectivity index (χ2v) is 12.3. The summed E-state index contributed by atoms with van der Waals surface area (Å²) in [5, 5.41) is 11.1. The van der Waals surface area contributed by atoms with Crippen molar-refractivity contribution >= 4 is 23.5 Å². The number of nitrogens with one attached hydrogen (secondary N) is 2. The lowest BCUT2D eigenvalue weighted by Gasteiger charge is -2.21. The number of rotatable bonds is 11. The van der Waals surface area contributed by atoms with Gasteiger partial charge in [0.05, 0.1) is 38.6 Å². The number of fused-ring (bicyclic) bond motifs is 2. The second-order valence-electron chi connectivity index (χ2n) is 12.3. The van der Waals surface area contributed by atoms with Gasteiger partial charge in [-0.05, 0) is 72.6 Å². The topological polar surface area (TPSA) is 150 Å². The van der Waals surface area contributed by atoms with Crippen LogP contribution >= 0.6 is 0 Å². The van der Waals surface area contributed by atoms with E-state index >= 15 is 0 Å². The predicted octanol–water partition coefficient (Wildman–Crippen LogP) is 3.24. The number of carbonyl (C=O) groups is 2. The Morgan fingerprint density at radius 1 is 1.07 bits per heavy atom. The number of aromatic nitrogens is 4. The van der Waals surface area contributed by atoms with Crippen LogP contribution in [0.25, 0.3) is 0 Å². The number of benzene rings is 1. The van der Waals surface area contributed by atoms with E-state index in [-0.39, 0.29) is 23.8 Å². The Hall–Kier alpha value is -5.13. The molecule has 4 N–H and O–H groups in total. The highest BCUT2D eigenvalue weighted by Crippen LogP contribution is 2.52. The summed E-state index contributed by atoms with van der Waals surface area (Å²) in [6.45, 7) is 4.68. The Balaban J connectivity index is 0.961. The van der Waals surface area contributed by atoms with Crippen molar-refractivity contribution in [2.75, 3.05) is 37.5 Å². The Bertz CT molecular complexity index is 1790. The van der Waals surface area contributed by atoms with Gasteiger partial charge in [0.25, 0.3) is 5.91 Å². The molecule has 2 amide bonds. The molecule has 0 unspecified atom stereocenters. The number of nitrogens with zero attached hydrogens (tertiary/aromatic N) is 5. The number of anilines is 2. The lowest BCUT2D eigenvalue weighted by atomic mass is 10.1. The third-order valence-corrected chi connectivity index (χ3v) is 9.65. The summed E-state index contributed by atoms with van der Waals surface area (Å²) >= 11 is 0. The SMILES string of the molecule is COc1ccc(CNc2nccc3c2CC[C@H]3NC(=O)c2cnn(Cc3ccc(N4C[C@@H]5[C@H](C4)[C@H]5C(N)=O)nc3C)c2)c(OC)c1. The average Bonchev–Trinajstić information content (AvgIpc) is 3.45. The molecule has 1 saturated heterocycles. The Labute approximate surface area is 267 Å². The highest BCUT2D eigenvalue weighted by Gasteiger charge is 2.58. The smallest absolute Gasteiger partial charge is 0.254 e. The first-order valence-electron chi connectivity index (χ1n) is 15.6. The molecular formula is C34H38N8O4. The van der Waals surface area contributed by atoms with Gasteiger partial charge in [-0.3, -0.25) is 14.3 Å². The fraction of sp³-hybridized carbons (Fsp3) is 0.382. The standard InChI is InChI=1S/C34H38N8O4/c1-19-21(5-9-30(39-19)41-17-26-27(18-41)31(26)32(35)43)15-42-16-22(14-38-42)34(44)40-28-8-7-25-24(28)10-11-36-33(25)37-13-20-4-6-23(45-2)12-29(20)46-3/h4-6,9-12,14,16,26-28,31H,7-8,13,15,17-18H2,1-3H3,(H2,35,43)(H,36,37)(H,40,44)/t26-,27+,28-,31+/m1/s1. The van der Waals surface area contributed by atoms with E-state index < -0.39 is 0 Å². The maximum atomic E-state index is 13.3. The fourth-order valence-corrected chi connectivity index (χ4v) is 7.06. The van der Waals surface area contributed by atoms with Crippen molar-refractivity contribution in [3.63, 3.8) is 0 Å². The van der Waals surface area contributed by atoms with E-state index in [9.17, 15) is 9.59 Å². The third kappa shape index (κ3) is 5.59. The summed E-state index contributed by atoms with van der Waals surface area (Å²) in [6, 6.07) is 11.7. The number of amides is 2. The molecule has 1 saturated carbocycles. The zero-order chi connectivity index (χ0) is 31.9. The molecule has 4 atom stereocenters. The third-order valence-electron chi connectivity index (χ3n) is 9.65. The minimum Gasteiger partial charge on any atom is -0.497 e. The van der Waals surface area contributed by atoms with Crippen LogP contribution in [0.1, 0.15) is 50.8 Å². The van der Waals surface area contributed by atoms with Crippen molar-refractivity contribution in [2.45, 2.75) is 38.9 Å². The largest absolute Gasteiger partial charge is 0.497 e. The lowest BCUT2D eigenvalue weighted by Crippen LogP contribution is -2.29. The van der Waals surface area contributed by atoms with Crippen molar-refractivity contribution in [3.8, 4) is 11.5 Å². The molecule has 0 bridgehead atoms. The van der Waals surface area contributed by atoms with Crippen LogP contribution in [0.3, 0.4) is 0 Å². The van der Waals surface area contributed by atoms with Gasteiger partial charge >= 0.3 is 0 Å². The zero-order valence-corrected chi connectivity index (χ0v) is 26.2. The number of nitrogens with two attached hydrogens (primary N) is 1. The molecule has 1 aromatic carbocycles. The van der Waals surface area contributed by atoms with Crippen molar-refractivity contribution in [1.82, 2.24) is 25.1 Å². The number of carbonyl (C=O) groups excluding carboxylic acids is 2. The van der Waals surface area contributed by atoms with Gasteiger partial charge in [0, 0.05) is 55.3 Å². The number of hydrogen-bond donors (Lipinski definition) is 3. The van der Waals surface area contributed by atoms with Crippen molar-refractivity contribution < 1.29 is 19.1 Å². The van der Waals surface area contributed by atoms with E-state index in [1.54, 1.807) is 37.5 Å². The monoisotopic (exact) mass is 622 g/mol. The van der Waals surface area contributed by atoms with Gasteiger partial charge < -0.3 is 30.7 Å². The molecule has 12 heteroatoms. The van der Waals surface area contributed by atoms with Gasteiger partial charge in [-0.1, -0.05) is 6.07 Å². The minimum absolute atomic E-state index is 0.0264. The van der Waals surface area contributed by atoms with Gasteiger partial charge in [0.15, 0.2) is 0 Å². The highest BCUT2D eigenvalue weighted by atomic mass is 16.5. The van der Waals surface area contributed by atoms with E-state index in [1.807, 2.05) is 37.3 Å². The predicted molar refractivity (Wildman–Crippen MR) is 172 cm³/mol. The second kappa shape index (κ2) is 12.0. The number of piperidine rings is 1. The molecule has 4 aromatic rings. The van der Waals surface area contributed by atoms with Crippen LogP contribution < -0.4 is 30.7 Å². The first-order valence-corrected chi connectivity index (χ1v) is 15.6. The molecule has 0 spiro atoms. The van der Waals surface area contributed by atoms with Crippen LogP contribution in [0, 0.1) is 24.7 Å². The van der Waals surface area contributed by atoms with Gasteiger partial charge in [0.1, 0.15) is 23.1 Å². The van der Waals surface area contributed by atoms with E-state index in [2.05, 4.69) is 31.7 Å².